The second kappa shape index (κ2) is 3.40. The summed E-state index contributed by atoms with van der Waals surface area (Å²) in [5.74, 6) is 0.515. The van der Waals surface area contributed by atoms with E-state index in [9.17, 15) is 4.39 Å². The molecule has 0 unspecified atom stereocenters. The largest absolute Gasteiger partial charge is 0.323 e. The Hall–Kier alpha value is -1.38. The number of fused-ring (bicyclic) bond motifs is 1. The zero-order valence-electron chi connectivity index (χ0n) is 8.37. The van der Waals surface area contributed by atoms with Crippen LogP contribution in [-0.4, -0.2) is 9.55 Å². The van der Waals surface area contributed by atoms with Crippen LogP contribution < -0.4 is 0 Å². The van der Waals surface area contributed by atoms with E-state index in [1.807, 2.05) is 42.7 Å². The Balaban J connectivity index is 2.74. The van der Waals surface area contributed by atoms with Gasteiger partial charge in [-0.05, 0) is 26.0 Å². The van der Waals surface area contributed by atoms with E-state index >= 15 is 0 Å². The maximum absolute atomic E-state index is 12.7. The average molecular weight is 192 g/mol. The van der Waals surface area contributed by atoms with Gasteiger partial charge in [-0.15, -0.1) is 0 Å². The van der Waals surface area contributed by atoms with Crippen molar-refractivity contribution in [2.24, 2.45) is 0 Å². The molecule has 74 valence electrons. The Kier molecular flexibility index (Phi) is 2.23. The number of aromatic nitrogens is 2. The molecule has 0 amide bonds. The highest BCUT2D eigenvalue weighted by Gasteiger charge is 2.11. The standard InChI is InChI=1S/C11H13FN2/c1-8(2)14-10-6-4-3-5-9(10)13-11(14)7-12/h3-6,8H,7H2,1-2H3. The number of benzene rings is 1. The minimum Gasteiger partial charge on any atom is -0.323 e. The predicted molar refractivity (Wildman–Crippen MR) is 54.9 cm³/mol. The lowest BCUT2D eigenvalue weighted by Crippen LogP contribution is -2.04. The Labute approximate surface area is 82.4 Å². The summed E-state index contributed by atoms with van der Waals surface area (Å²) >= 11 is 0. The van der Waals surface area contributed by atoms with Gasteiger partial charge in [-0.2, -0.15) is 0 Å². The second-order valence-electron chi connectivity index (χ2n) is 3.61. The number of halogens is 1. The van der Waals surface area contributed by atoms with E-state index in [0.717, 1.165) is 11.0 Å². The van der Waals surface area contributed by atoms with E-state index in [0.29, 0.717) is 5.82 Å². The van der Waals surface area contributed by atoms with Crippen LogP contribution in [0.5, 0.6) is 0 Å². The highest BCUT2D eigenvalue weighted by molar-refractivity contribution is 5.76. The van der Waals surface area contributed by atoms with Crippen molar-refractivity contribution in [3.8, 4) is 0 Å². The lowest BCUT2D eigenvalue weighted by molar-refractivity contribution is 0.437. The molecule has 1 aromatic heterocycles. The van der Waals surface area contributed by atoms with Crippen LogP contribution in [-0.2, 0) is 6.67 Å². The van der Waals surface area contributed by atoms with Crippen molar-refractivity contribution in [1.29, 1.82) is 0 Å². The zero-order valence-corrected chi connectivity index (χ0v) is 8.37. The zero-order chi connectivity index (χ0) is 10.1. The Bertz CT molecular complexity index is 445. The monoisotopic (exact) mass is 192 g/mol. The molecular weight excluding hydrogens is 179 g/mol. The fourth-order valence-electron chi connectivity index (χ4n) is 1.76. The molecule has 1 heterocycles. The topological polar surface area (TPSA) is 17.8 Å². The average Bonchev–Trinajstić information content (AvgIpc) is 2.55. The number of rotatable bonds is 2. The van der Waals surface area contributed by atoms with Crippen LogP contribution in [0.4, 0.5) is 4.39 Å². The van der Waals surface area contributed by atoms with Gasteiger partial charge in [0.05, 0.1) is 11.0 Å². The summed E-state index contributed by atoms with van der Waals surface area (Å²) in [4.78, 5) is 4.24. The molecule has 14 heavy (non-hydrogen) atoms. The summed E-state index contributed by atoms with van der Waals surface area (Å²) in [6.45, 7) is 3.56. The molecule has 3 heteroatoms. The van der Waals surface area contributed by atoms with Crippen LogP contribution in [0.3, 0.4) is 0 Å². The van der Waals surface area contributed by atoms with Gasteiger partial charge in [-0.1, -0.05) is 12.1 Å². The molecule has 2 rings (SSSR count). The molecule has 0 fully saturated rings. The fourth-order valence-corrected chi connectivity index (χ4v) is 1.76. The van der Waals surface area contributed by atoms with Gasteiger partial charge in [0.1, 0.15) is 12.5 Å². The molecule has 2 aromatic rings. The normalized spacial score (nSPS) is 11.4. The van der Waals surface area contributed by atoms with Crippen molar-refractivity contribution in [2.75, 3.05) is 0 Å². The third-order valence-corrected chi connectivity index (χ3v) is 2.30. The van der Waals surface area contributed by atoms with Gasteiger partial charge >= 0.3 is 0 Å². The molecule has 0 saturated heterocycles. The van der Waals surface area contributed by atoms with Crippen molar-refractivity contribution in [2.45, 2.75) is 26.6 Å². The van der Waals surface area contributed by atoms with Gasteiger partial charge in [0.15, 0.2) is 0 Å². The highest BCUT2D eigenvalue weighted by atomic mass is 19.1. The number of alkyl halides is 1. The molecule has 0 spiro atoms. The van der Waals surface area contributed by atoms with Gasteiger partial charge < -0.3 is 4.57 Å². The van der Waals surface area contributed by atoms with Crippen LogP contribution in [0.1, 0.15) is 25.7 Å². The first kappa shape index (κ1) is 9.19. The Morgan fingerprint density at radius 2 is 2.07 bits per heavy atom. The maximum Gasteiger partial charge on any atom is 0.147 e. The van der Waals surface area contributed by atoms with E-state index in [4.69, 9.17) is 0 Å². The predicted octanol–water partition coefficient (Wildman–Crippen LogP) is 3.09. The van der Waals surface area contributed by atoms with Crippen LogP contribution in [0, 0.1) is 0 Å². The van der Waals surface area contributed by atoms with Crippen molar-refractivity contribution in [3.63, 3.8) is 0 Å². The van der Waals surface area contributed by atoms with Gasteiger partial charge in [0.25, 0.3) is 0 Å². The third kappa shape index (κ3) is 1.29. The van der Waals surface area contributed by atoms with Gasteiger partial charge in [0.2, 0.25) is 0 Å². The van der Waals surface area contributed by atoms with Crippen molar-refractivity contribution in [3.05, 3.63) is 30.1 Å². The summed E-state index contributed by atoms with van der Waals surface area (Å²) in [7, 11) is 0. The van der Waals surface area contributed by atoms with E-state index in [-0.39, 0.29) is 6.04 Å². The van der Waals surface area contributed by atoms with Crippen molar-refractivity contribution in [1.82, 2.24) is 9.55 Å². The molecular formula is C11H13FN2. The SMILES string of the molecule is CC(C)n1c(CF)nc2ccccc21. The van der Waals surface area contributed by atoms with Gasteiger partial charge in [-0.25, -0.2) is 9.37 Å². The third-order valence-electron chi connectivity index (χ3n) is 2.30. The summed E-state index contributed by atoms with van der Waals surface area (Å²) in [5.41, 5.74) is 1.88. The van der Waals surface area contributed by atoms with E-state index < -0.39 is 6.67 Å². The first-order chi connectivity index (χ1) is 6.74. The maximum atomic E-state index is 12.7. The smallest absolute Gasteiger partial charge is 0.147 e. The summed E-state index contributed by atoms with van der Waals surface area (Å²) < 4.78 is 14.6. The van der Waals surface area contributed by atoms with Crippen LogP contribution >= 0.6 is 0 Å². The minimum absolute atomic E-state index is 0.244. The number of imidazole rings is 1. The van der Waals surface area contributed by atoms with Gasteiger partial charge in [-0.3, -0.25) is 0 Å². The fraction of sp³-hybridized carbons (Fsp3) is 0.364. The van der Waals surface area contributed by atoms with Crippen molar-refractivity contribution < 1.29 is 4.39 Å². The molecule has 2 nitrogen and oxygen atoms in total. The van der Waals surface area contributed by atoms with E-state index in [2.05, 4.69) is 4.98 Å². The number of hydrogen-bond donors (Lipinski definition) is 0. The minimum atomic E-state index is -0.507. The van der Waals surface area contributed by atoms with E-state index in [1.54, 1.807) is 0 Å². The number of hydrogen-bond acceptors (Lipinski definition) is 1. The Morgan fingerprint density at radius 1 is 1.36 bits per heavy atom. The molecule has 0 atom stereocenters. The van der Waals surface area contributed by atoms with E-state index in [1.165, 1.54) is 0 Å². The molecule has 0 saturated carbocycles. The molecule has 0 bridgehead atoms. The molecule has 0 radical (unpaired) electrons. The van der Waals surface area contributed by atoms with Crippen LogP contribution in [0.25, 0.3) is 11.0 Å². The molecule has 0 N–H and O–H groups in total. The summed E-state index contributed by atoms with van der Waals surface area (Å²) in [6.07, 6.45) is 0. The Morgan fingerprint density at radius 3 is 2.71 bits per heavy atom. The quantitative estimate of drug-likeness (QED) is 0.715. The number of nitrogens with zero attached hydrogens (tertiary/aromatic N) is 2. The molecule has 0 aliphatic rings. The van der Waals surface area contributed by atoms with Crippen LogP contribution in [0.2, 0.25) is 0 Å². The summed E-state index contributed by atoms with van der Waals surface area (Å²) in [5, 5.41) is 0. The molecule has 0 aliphatic heterocycles. The lowest BCUT2D eigenvalue weighted by atomic mass is 10.3. The number of para-hydroxylation sites is 2. The summed E-state index contributed by atoms with van der Waals surface area (Å²) in [6, 6.07) is 8.00. The first-order valence-corrected chi connectivity index (χ1v) is 4.76. The highest BCUT2D eigenvalue weighted by Crippen LogP contribution is 2.21. The second-order valence-corrected chi connectivity index (χ2v) is 3.61. The molecule has 1 aromatic carbocycles. The van der Waals surface area contributed by atoms with Crippen molar-refractivity contribution >= 4 is 11.0 Å². The first-order valence-electron chi connectivity index (χ1n) is 4.76. The van der Waals surface area contributed by atoms with Gasteiger partial charge in [0, 0.05) is 6.04 Å². The lowest BCUT2D eigenvalue weighted by Gasteiger charge is -2.10. The van der Waals surface area contributed by atoms with Crippen LogP contribution in [0.15, 0.2) is 24.3 Å². The molecule has 0 aliphatic carbocycles.